The van der Waals surface area contributed by atoms with E-state index in [0.717, 1.165) is 17.7 Å². The Hall–Kier alpha value is -3.65. The molecule has 1 heterocycles. The second kappa shape index (κ2) is 9.92. The van der Waals surface area contributed by atoms with E-state index in [2.05, 4.69) is 10.3 Å². The monoisotopic (exact) mass is 502 g/mol. The van der Waals surface area contributed by atoms with E-state index in [0.29, 0.717) is 10.9 Å². The van der Waals surface area contributed by atoms with Crippen LogP contribution >= 0.6 is 11.6 Å². The fourth-order valence-electron chi connectivity index (χ4n) is 3.56. The van der Waals surface area contributed by atoms with Crippen molar-refractivity contribution in [2.75, 3.05) is 6.54 Å². The maximum absolute atomic E-state index is 14.9. The molecule has 9 heteroatoms. The topological polar surface area (TPSA) is 51.2 Å². The summed E-state index contributed by atoms with van der Waals surface area (Å²) in [5.41, 5.74) is 0.694. The zero-order valence-electron chi connectivity index (χ0n) is 18.4. The predicted molar refractivity (Wildman–Crippen MR) is 126 cm³/mol. The normalized spacial score (nSPS) is 12.4. The van der Waals surface area contributed by atoms with Crippen LogP contribution < -0.4 is 10.1 Å². The number of ether oxygens (including phenoxy) is 1. The van der Waals surface area contributed by atoms with Crippen LogP contribution in [0.2, 0.25) is 5.02 Å². The van der Waals surface area contributed by atoms with Crippen LogP contribution in [0, 0.1) is 6.92 Å². The minimum absolute atomic E-state index is 0.0233. The molecule has 1 amide bonds. The average Bonchev–Trinajstić information content (AvgIpc) is 2.82. The highest BCUT2D eigenvalue weighted by Gasteiger charge is 2.31. The molecule has 1 aromatic heterocycles. The third kappa shape index (κ3) is 5.54. The minimum atomic E-state index is -4.56. The van der Waals surface area contributed by atoms with Gasteiger partial charge < -0.3 is 10.1 Å². The van der Waals surface area contributed by atoms with Crippen molar-refractivity contribution in [2.24, 2.45) is 0 Å². The molecule has 0 aliphatic rings. The van der Waals surface area contributed by atoms with Crippen LogP contribution in [-0.4, -0.2) is 17.4 Å². The quantitative estimate of drug-likeness (QED) is 0.279. The summed E-state index contributed by atoms with van der Waals surface area (Å²) >= 11 is 6.13. The number of carbonyl (C=O) groups is 1. The summed E-state index contributed by atoms with van der Waals surface area (Å²) in [4.78, 5) is 17.4. The second-order valence-corrected chi connectivity index (χ2v) is 8.25. The summed E-state index contributed by atoms with van der Waals surface area (Å²) in [6, 6.07) is 15.9. The molecule has 0 fully saturated rings. The van der Waals surface area contributed by atoms with Crippen LogP contribution in [0.1, 0.15) is 33.2 Å². The third-order valence-corrected chi connectivity index (χ3v) is 5.62. The van der Waals surface area contributed by atoms with E-state index >= 15 is 0 Å². The van der Waals surface area contributed by atoms with E-state index in [1.165, 1.54) is 18.3 Å². The number of benzene rings is 3. The van der Waals surface area contributed by atoms with Crippen LogP contribution in [0.5, 0.6) is 11.5 Å². The fourth-order valence-corrected chi connectivity index (χ4v) is 3.92. The van der Waals surface area contributed by atoms with Gasteiger partial charge in [-0.1, -0.05) is 48.0 Å². The molecule has 4 aromatic rings. The summed E-state index contributed by atoms with van der Waals surface area (Å²) < 4.78 is 59.9. The van der Waals surface area contributed by atoms with E-state index in [4.69, 9.17) is 16.3 Å². The average molecular weight is 503 g/mol. The van der Waals surface area contributed by atoms with Crippen LogP contribution in [-0.2, 0) is 6.18 Å². The number of hydrogen-bond acceptors (Lipinski definition) is 3. The number of carbonyl (C=O) groups excluding carboxylic acids is 1. The van der Waals surface area contributed by atoms with Crippen LogP contribution in [0.4, 0.5) is 17.6 Å². The predicted octanol–water partition coefficient (Wildman–Crippen LogP) is 7.45. The van der Waals surface area contributed by atoms with Crippen molar-refractivity contribution >= 4 is 28.4 Å². The van der Waals surface area contributed by atoms with Gasteiger partial charge in [0.2, 0.25) is 0 Å². The van der Waals surface area contributed by atoms with E-state index in [1.807, 2.05) is 6.92 Å². The highest BCUT2D eigenvalue weighted by atomic mass is 35.5. The van der Waals surface area contributed by atoms with Crippen molar-refractivity contribution in [3.63, 3.8) is 0 Å². The Morgan fingerprint density at radius 1 is 1.09 bits per heavy atom. The summed E-state index contributed by atoms with van der Waals surface area (Å²) in [6.45, 7) is 1.45. The molecule has 0 saturated heterocycles. The maximum atomic E-state index is 14.9. The van der Waals surface area contributed by atoms with Crippen LogP contribution in [0.25, 0.3) is 10.9 Å². The molecular weight excluding hydrogens is 484 g/mol. The molecule has 0 bridgehead atoms. The number of nitrogens with one attached hydrogen (secondary N) is 1. The Labute approximate surface area is 203 Å². The second-order valence-electron chi connectivity index (χ2n) is 7.84. The Bertz CT molecular complexity index is 1390. The molecule has 0 aliphatic carbocycles. The smallest absolute Gasteiger partial charge is 0.416 e. The number of amides is 1. The van der Waals surface area contributed by atoms with Gasteiger partial charge in [-0.15, -0.1) is 0 Å². The van der Waals surface area contributed by atoms with Gasteiger partial charge in [0, 0.05) is 16.0 Å². The van der Waals surface area contributed by atoms with E-state index in [1.54, 1.807) is 42.5 Å². The minimum Gasteiger partial charge on any atom is -0.455 e. The van der Waals surface area contributed by atoms with Crippen LogP contribution in [0.3, 0.4) is 0 Å². The molecule has 3 aromatic carbocycles. The number of nitrogens with zero attached hydrogens (tertiary/aromatic N) is 1. The number of fused-ring (bicyclic) bond motifs is 1. The molecule has 4 nitrogen and oxygen atoms in total. The van der Waals surface area contributed by atoms with E-state index < -0.39 is 23.8 Å². The molecule has 0 radical (unpaired) electrons. The fraction of sp³-hybridized carbons (Fsp3) is 0.154. The highest BCUT2D eigenvalue weighted by molar-refractivity contribution is 6.31. The summed E-state index contributed by atoms with van der Waals surface area (Å²) in [7, 11) is 0. The molecule has 35 heavy (non-hydrogen) atoms. The maximum Gasteiger partial charge on any atom is 0.416 e. The highest BCUT2D eigenvalue weighted by Crippen LogP contribution is 2.35. The first-order chi connectivity index (χ1) is 16.6. The van der Waals surface area contributed by atoms with Gasteiger partial charge in [-0.2, -0.15) is 13.2 Å². The summed E-state index contributed by atoms with van der Waals surface area (Å²) in [6.07, 6.45) is -4.89. The molecule has 0 unspecified atom stereocenters. The number of hydrogen-bond donors (Lipinski definition) is 1. The molecule has 1 N–H and O–H groups in total. The lowest BCUT2D eigenvalue weighted by molar-refractivity contribution is -0.137. The van der Waals surface area contributed by atoms with Gasteiger partial charge in [-0.05, 0) is 42.8 Å². The van der Waals surface area contributed by atoms with E-state index in [-0.39, 0.29) is 34.2 Å². The van der Waals surface area contributed by atoms with Gasteiger partial charge in [0.1, 0.15) is 11.9 Å². The zero-order chi connectivity index (χ0) is 25.2. The first kappa shape index (κ1) is 24.5. The van der Waals surface area contributed by atoms with Crippen molar-refractivity contribution < 1.29 is 27.1 Å². The van der Waals surface area contributed by atoms with Crippen molar-refractivity contribution in [3.8, 4) is 11.5 Å². The SMILES string of the molecule is Cc1ccc([C@@H](F)CNC(=O)c2c(Oc3cccc(C(F)(F)F)c3)cnc3ccccc23)c(Cl)c1. The molecule has 4 rings (SSSR count). The summed E-state index contributed by atoms with van der Waals surface area (Å²) in [5.74, 6) is -0.860. The number of rotatable bonds is 6. The first-order valence-electron chi connectivity index (χ1n) is 10.5. The Kier molecular flexibility index (Phi) is 6.93. The Morgan fingerprint density at radius 2 is 1.86 bits per heavy atom. The largest absolute Gasteiger partial charge is 0.455 e. The molecule has 0 aliphatic heterocycles. The van der Waals surface area contributed by atoms with Gasteiger partial charge in [0.25, 0.3) is 5.91 Å². The molecular formula is C26H19ClF4N2O2. The van der Waals surface area contributed by atoms with Crippen LogP contribution in [0.15, 0.2) is 72.9 Å². The number of alkyl halides is 4. The van der Waals surface area contributed by atoms with Gasteiger partial charge in [0.05, 0.1) is 29.4 Å². The Morgan fingerprint density at radius 3 is 2.60 bits per heavy atom. The van der Waals surface area contributed by atoms with Crippen molar-refractivity contribution in [3.05, 3.63) is 100 Å². The number of aryl methyl sites for hydroxylation is 1. The van der Waals surface area contributed by atoms with Gasteiger partial charge in [-0.25, -0.2) is 4.39 Å². The number of halogens is 5. The van der Waals surface area contributed by atoms with Gasteiger partial charge >= 0.3 is 6.18 Å². The lowest BCUT2D eigenvalue weighted by atomic mass is 10.1. The van der Waals surface area contributed by atoms with Crippen molar-refractivity contribution in [1.82, 2.24) is 10.3 Å². The standard InChI is InChI=1S/C26H19ClF4N2O2/c1-15-9-10-18(20(27)11-15)21(28)13-33-25(34)24-19-7-2-3-8-22(19)32-14-23(24)35-17-6-4-5-16(12-17)26(29,30)31/h2-12,14,21H,13H2,1H3,(H,33,34)/t21-/m0/s1. The number of pyridine rings is 1. The zero-order valence-corrected chi connectivity index (χ0v) is 19.1. The lowest BCUT2D eigenvalue weighted by Crippen LogP contribution is -2.28. The van der Waals surface area contributed by atoms with Gasteiger partial charge in [0.15, 0.2) is 5.75 Å². The third-order valence-electron chi connectivity index (χ3n) is 5.29. The van der Waals surface area contributed by atoms with E-state index in [9.17, 15) is 22.4 Å². The number of aromatic nitrogens is 1. The molecule has 1 atom stereocenters. The Balaban J connectivity index is 1.64. The number of para-hydroxylation sites is 1. The first-order valence-corrected chi connectivity index (χ1v) is 10.9. The van der Waals surface area contributed by atoms with Crippen molar-refractivity contribution in [1.29, 1.82) is 0 Å². The summed E-state index contributed by atoms with van der Waals surface area (Å²) in [5, 5.41) is 3.18. The molecule has 0 spiro atoms. The van der Waals surface area contributed by atoms with Gasteiger partial charge in [-0.3, -0.25) is 9.78 Å². The molecule has 0 saturated carbocycles. The van der Waals surface area contributed by atoms with Crippen molar-refractivity contribution in [2.45, 2.75) is 19.3 Å². The molecule has 180 valence electrons. The lowest BCUT2D eigenvalue weighted by Gasteiger charge is -2.16.